The number of carbonyl (C=O) groups excluding carboxylic acids is 1. The number of pyridine rings is 1. The highest BCUT2D eigenvalue weighted by Gasteiger charge is 2.04. The molecule has 0 unspecified atom stereocenters. The molecule has 0 aromatic carbocycles. The normalized spacial score (nSPS) is 10.3. The van der Waals surface area contributed by atoms with Gasteiger partial charge < -0.3 is 9.72 Å². The zero-order chi connectivity index (χ0) is 11.5. The second kappa shape index (κ2) is 4.49. The number of fused-ring (bicyclic) bond motifs is 1. The highest BCUT2D eigenvalue weighted by atomic mass is 79.9. The Kier molecular flexibility index (Phi) is 3.05. The molecule has 0 aliphatic carbocycles. The second-order valence-corrected chi connectivity index (χ2v) is 4.10. The standard InChI is InChI=1S/C11H10BrN3O/c1-2-10(16)13-6-8-7-15-5-3-4-9(12)11(15)14-8/h2-5,7H,1,6H2,(H,13,16). The summed E-state index contributed by atoms with van der Waals surface area (Å²) in [5.41, 5.74) is 1.65. The summed E-state index contributed by atoms with van der Waals surface area (Å²) in [6.07, 6.45) is 5.03. The molecule has 4 nitrogen and oxygen atoms in total. The largest absolute Gasteiger partial charge is 0.347 e. The molecule has 1 amide bonds. The van der Waals surface area contributed by atoms with Gasteiger partial charge in [0.25, 0.3) is 0 Å². The van der Waals surface area contributed by atoms with Gasteiger partial charge in [-0.25, -0.2) is 4.98 Å². The van der Waals surface area contributed by atoms with Gasteiger partial charge in [-0.2, -0.15) is 0 Å². The summed E-state index contributed by atoms with van der Waals surface area (Å²) in [5.74, 6) is -0.198. The van der Waals surface area contributed by atoms with E-state index in [0.717, 1.165) is 15.8 Å². The first kappa shape index (κ1) is 10.9. The monoisotopic (exact) mass is 279 g/mol. The van der Waals surface area contributed by atoms with Gasteiger partial charge in [0.15, 0.2) is 5.65 Å². The van der Waals surface area contributed by atoms with Crippen LogP contribution in [0.5, 0.6) is 0 Å². The van der Waals surface area contributed by atoms with Gasteiger partial charge in [-0.3, -0.25) is 4.79 Å². The number of nitrogens with one attached hydrogen (secondary N) is 1. The van der Waals surface area contributed by atoms with Gasteiger partial charge in [0.1, 0.15) is 0 Å². The first-order valence-corrected chi connectivity index (χ1v) is 5.52. The molecule has 0 saturated heterocycles. The Bertz CT molecular complexity index is 547. The summed E-state index contributed by atoms with van der Waals surface area (Å²) < 4.78 is 2.83. The van der Waals surface area contributed by atoms with Crippen molar-refractivity contribution in [2.75, 3.05) is 0 Å². The first-order chi connectivity index (χ1) is 7.70. The van der Waals surface area contributed by atoms with Gasteiger partial charge in [-0.05, 0) is 34.1 Å². The molecular formula is C11H10BrN3O. The number of rotatable bonds is 3. The molecule has 2 heterocycles. The van der Waals surface area contributed by atoms with Gasteiger partial charge in [0.2, 0.25) is 5.91 Å². The van der Waals surface area contributed by atoms with Crippen LogP contribution in [0, 0.1) is 0 Å². The minimum atomic E-state index is -0.198. The van der Waals surface area contributed by atoms with Crippen molar-refractivity contribution in [3.8, 4) is 0 Å². The third-order valence-electron chi connectivity index (χ3n) is 2.11. The lowest BCUT2D eigenvalue weighted by molar-refractivity contribution is -0.116. The third kappa shape index (κ3) is 2.14. The van der Waals surface area contributed by atoms with Crippen molar-refractivity contribution in [1.82, 2.24) is 14.7 Å². The molecule has 16 heavy (non-hydrogen) atoms. The molecule has 0 fully saturated rings. The molecule has 0 aliphatic heterocycles. The summed E-state index contributed by atoms with van der Waals surface area (Å²) in [7, 11) is 0. The van der Waals surface area contributed by atoms with Crippen LogP contribution in [0.4, 0.5) is 0 Å². The fourth-order valence-corrected chi connectivity index (χ4v) is 1.81. The van der Waals surface area contributed by atoms with E-state index in [1.165, 1.54) is 6.08 Å². The molecule has 2 aromatic rings. The van der Waals surface area contributed by atoms with Gasteiger partial charge in [0.05, 0.1) is 16.7 Å². The number of amides is 1. The van der Waals surface area contributed by atoms with Crippen molar-refractivity contribution >= 4 is 27.5 Å². The topological polar surface area (TPSA) is 46.4 Å². The van der Waals surface area contributed by atoms with Crippen LogP contribution in [0.15, 0.2) is 41.7 Å². The van der Waals surface area contributed by atoms with Crippen molar-refractivity contribution < 1.29 is 4.79 Å². The lowest BCUT2D eigenvalue weighted by Gasteiger charge is -1.96. The highest BCUT2D eigenvalue weighted by Crippen LogP contribution is 2.16. The van der Waals surface area contributed by atoms with Crippen LogP contribution in [0.2, 0.25) is 0 Å². The molecule has 0 saturated carbocycles. The number of nitrogens with zero attached hydrogens (tertiary/aromatic N) is 2. The maximum absolute atomic E-state index is 11.0. The van der Waals surface area contributed by atoms with Crippen LogP contribution in [-0.2, 0) is 11.3 Å². The minimum absolute atomic E-state index is 0.198. The number of hydrogen-bond acceptors (Lipinski definition) is 2. The van der Waals surface area contributed by atoms with Gasteiger partial charge >= 0.3 is 0 Å². The Morgan fingerprint density at radius 2 is 2.50 bits per heavy atom. The van der Waals surface area contributed by atoms with Crippen molar-refractivity contribution in [3.05, 3.63) is 47.3 Å². The molecule has 0 aliphatic rings. The quantitative estimate of drug-likeness (QED) is 0.873. The second-order valence-electron chi connectivity index (χ2n) is 3.24. The van der Waals surface area contributed by atoms with Gasteiger partial charge in [-0.1, -0.05) is 6.58 Å². The molecule has 2 rings (SSSR count). The average Bonchev–Trinajstić information content (AvgIpc) is 2.70. The third-order valence-corrected chi connectivity index (χ3v) is 2.73. The Morgan fingerprint density at radius 1 is 1.69 bits per heavy atom. The van der Waals surface area contributed by atoms with Crippen LogP contribution >= 0.6 is 15.9 Å². The van der Waals surface area contributed by atoms with E-state index in [4.69, 9.17) is 0 Å². The van der Waals surface area contributed by atoms with Crippen LogP contribution in [-0.4, -0.2) is 15.3 Å². The summed E-state index contributed by atoms with van der Waals surface area (Å²) >= 11 is 3.42. The number of halogens is 1. The molecule has 0 bridgehead atoms. The smallest absolute Gasteiger partial charge is 0.243 e. The summed E-state index contributed by atoms with van der Waals surface area (Å²) in [5, 5.41) is 2.68. The zero-order valence-corrected chi connectivity index (χ0v) is 10.1. The van der Waals surface area contributed by atoms with Crippen molar-refractivity contribution in [2.45, 2.75) is 6.54 Å². The number of carbonyl (C=O) groups is 1. The SMILES string of the molecule is C=CC(=O)NCc1cn2cccc(Br)c2n1. The molecule has 0 atom stereocenters. The predicted octanol–water partition coefficient (Wildman–Crippen LogP) is 1.90. The fourth-order valence-electron chi connectivity index (χ4n) is 1.36. The minimum Gasteiger partial charge on any atom is -0.347 e. The molecule has 0 radical (unpaired) electrons. The molecule has 1 N–H and O–H groups in total. The van der Waals surface area contributed by atoms with Crippen LogP contribution < -0.4 is 5.32 Å². The number of imidazole rings is 1. The van der Waals surface area contributed by atoms with E-state index < -0.39 is 0 Å². The van der Waals surface area contributed by atoms with E-state index in [1.807, 2.05) is 28.9 Å². The Labute approximate surface area is 101 Å². The van der Waals surface area contributed by atoms with E-state index in [0.29, 0.717) is 6.54 Å². The lowest BCUT2D eigenvalue weighted by atomic mass is 10.4. The first-order valence-electron chi connectivity index (χ1n) is 4.73. The summed E-state index contributed by atoms with van der Waals surface area (Å²) in [4.78, 5) is 15.4. The van der Waals surface area contributed by atoms with E-state index in [-0.39, 0.29) is 5.91 Å². The molecule has 2 aromatic heterocycles. The Balaban J connectivity index is 2.23. The number of hydrogen-bond donors (Lipinski definition) is 1. The Morgan fingerprint density at radius 3 is 3.19 bits per heavy atom. The molecule has 82 valence electrons. The van der Waals surface area contributed by atoms with E-state index in [2.05, 4.69) is 32.8 Å². The van der Waals surface area contributed by atoms with Crippen LogP contribution in [0.3, 0.4) is 0 Å². The van der Waals surface area contributed by atoms with Crippen molar-refractivity contribution in [1.29, 1.82) is 0 Å². The summed E-state index contributed by atoms with van der Waals surface area (Å²) in [6, 6.07) is 3.85. The maximum atomic E-state index is 11.0. The Hall–Kier alpha value is -1.62. The van der Waals surface area contributed by atoms with Crippen molar-refractivity contribution in [2.24, 2.45) is 0 Å². The van der Waals surface area contributed by atoms with Gasteiger partial charge in [0, 0.05) is 12.4 Å². The van der Waals surface area contributed by atoms with E-state index >= 15 is 0 Å². The zero-order valence-electron chi connectivity index (χ0n) is 8.48. The van der Waals surface area contributed by atoms with Crippen LogP contribution in [0.1, 0.15) is 5.69 Å². The molecule has 0 spiro atoms. The van der Waals surface area contributed by atoms with E-state index in [9.17, 15) is 4.79 Å². The molecular weight excluding hydrogens is 270 g/mol. The average molecular weight is 280 g/mol. The predicted molar refractivity (Wildman–Crippen MR) is 64.9 cm³/mol. The van der Waals surface area contributed by atoms with E-state index in [1.54, 1.807) is 0 Å². The summed E-state index contributed by atoms with van der Waals surface area (Å²) in [6.45, 7) is 3.79. The lowest BCUT2D eigenvalue weighted by Crippen LogP contribution is -2.20. The maximum Gasteiger partial charge on any atom is 0.243 e. The number of aromatic nitrogens is 2. The van der Waals surface area contributed by atoms with Crippen LogP contribution in [0.25, 0.3) is 5.65 Å². The highest BCUT2D eigenvalue weighted by molar-refractivity contribution is 9.10. The van der Waals surface area contributed by atoms with Crippen molar-refractivity contribution in [3.63, 3.8) is 0 Å². The van der Waals surface area contributed by atoms with Gasteiger partial charge in [-0.15, -0.1) is 0 Å². The fraction of sp³-hybridized carbons (Fsp3) is 0.0909. The molecule has 5 heteroatoms.